The van der Waals surface area contributed by atoms with Gasteiger partial charge < -0.3 is 20.1 Å². The summed E-state index contributed by atoms with van der Waals surface area (Å²) in [5.41, 5.74) is 2.55. The average molecular weight is 515 g/mol. The van der Waals surface area contributed by atoms with Crippen molar-refractivity contribution < 1.29 is 14.4 Å². The van der Waals surface area contributed by atoms with Crippen LogP contribution in [0.25, 0.3) is 10.9 Å². The topological polar surface area (TPSA) is 83.4 Å². The summed E-state index contributed by atoms with van der Waals surface area (Å²) in [7, 11) is 1.75. The molecule has 0 radical (unpaired) electrons. The van der Waals surface area contributed by atoms with Gasteiger partial charge in [0.25, 0.3) is 0 Å². The molecule has 1 saturated carbocycles. The molecule has 0 bridgehead atoms. The Morgan fingerprint density at radius 1 is 1.11 bits per heavy atom. The molecular formula is C28H39ClN4O3. The number of carbonyl (C=O) groups excluding carboxylic acids is 3. The fourth-order valence-electron chi connectivity index (χ4n) is 6.10. The van der Waals surface area contributed by atoms with Crippen LogP contribution in [0.5, 0.6) is 0 Å². The highest BCUT2D eigenvalue weighted by molar-refractivity contribution is 6.31. The van der Waals surface area contributed by atoms with E-state index in [1.807, 2.05) is 36.9 Å². The second kappa shape index (κ2) is 11.3. The number of nitrogens with one attached hydrogen (secondary N) is 2. The number of ketones is 1. The van der Waals surface area contributed by atoms with E-state index in [2.05, 4.69) is 15.2 Å². The normalized spacial score (nSPS) is 20.5. The number of fused-ring (bicyclic) bond motifs is 1. The predicted molar refractivity (Wildman–Crippen MR) is 143 cm³/mol. The van der Waals surface area contributed by atoms with E-state index in [0.717, 1.165) is 55.1 Å². The van der Waals surface area contributed by atoms with Crippen LogP contribution < -0.4 is 10.6 Å². The fourth-order valence-corrected chi connectivity index (χ4v) is 6.27. The van der Waals surface area contributed by atoms with Crippen LogP contribution in [0, 0.1) is 12.8 Å². The summed E-state index contributed by atoms with van der Waals surface area (Å²) < 4.78 is 2.16. The Kier molecular flexibility index (Phi) is 8.41. The van der Waals surface area contributed by atoms with E-state index >= 15 is 0 Å². The van der Waals surface area contributed by atoms with Crippen molar-refractivity contribution in [2.75, 3.05) is 13.6 Å². The van der Waals surface area contributed by atoms with E-state index in [0.29, 0.717) is 23.7 Å². The van der Waals surface area contributed by atoms with Gasteiger partial charge in [0, 0.05) is 46.3 Å². The van der Waals surface area contributed by atoms with Crippen LogP contribution in [0.2, 0.25) is 5.02 Å². The summed E-state index contributed by atoms with van der Waals surface area (Å²) in [6, 6.07) is 4.81. The molecule has 2 amide bonds. The van der Waals surface area contributed by atoms with E-state index in [1.54, 1.807) is 14.0 Å². The first kappa shape index (κ1) is 26.7. The Hall–Kier alpha value is -2.38. The van der Waals surface area contributed by atoms with Crippen molar-refractivity contribution in [3.8, 4) is 0 Å². The first-order chi connectivity index (χ1) is 17.2. The number of Topliss-reactive ketones (excluding diaryl/α,β-unsaturated/α-hetero) is 1. The standard InChI is InChI=1S/C28H39ClN4O3/c1-17(30-4)27(35)31-26(20-9-6-5-7-10-20)28(36)32-14-8-11-22(32)16-33-18(2)25(19(3)34)23-15-21(29)12-13-24(23)33/h12-13,15,17,20,22,26,30H,5-11,14,16H2,1-4H3,(H,31,35). The lowest BCUT2D eigenvalue weighted by Crippen LogP contribution is -2.56. The van der Waals surface area contributed by atoms with Gasteiger partial charge in [-0.15, -0.1) is 0 Å². The van der Waals surface area contributed by atoms with Crippen LogP contribution in [0.15, 0.2) is 18.2 Å². The highest BCUT2D eigenvalue weighted by Gasteiger charge is 2.39. The molecule has 1 aromatic heterocycles. The van der Waals surface area contributed by atoms with Gasteiger partial charge in [0.2, 0.25) is 11.8 Å². The summed E-state index contributed by atoms with van der Waals surface area (Å²) in [4.78, 5) is 41.3. The molecule has 36 heavy (non-hydrogen) atoms. The van der Waals surface area contributed by atoms with E-state index < -0.39 is 6.04 Å². The zero-order chi connectivity index (χ0) is 26.0. The quantitative estimate of drug-likeness (QED) is 0.509. The second-order valence-electron chi connectivity index (χ2n) is 10.5. The Morgan fingerprint density at radius 3 is 2.50 bits per heavy atom. The number of carbonyl (C=O) groups is 3. The second-order valence-corrected chi connectivity index (χ2v) is 10.9. The molecule has 2 aliphatic rings. The number of halogens is 1. The molecule has 2 aromatic rings. The number of rotatable bonds is 8. The zero-order valence-electron chi connectivity index (χ0n) is 21.9. The maximum atomic E-state index is 14.0. The maximum absolute atomic E-state index is 14.0. The van der Waals surface area contributed by atoms with Crippen LogP contribution in [0.3, 0.4) is 0 Å². The van der Waals surface area contributed by atoms with Gasteiger partial charge in [0.05, 0.1) is 6.04 Å². The number of amides is 2. The third-order valence-electron chi connectivity index (χ3n) is 8.20. The van der Waals surface area contributed by atoms with Crippen LogP contribution in [-0.2, 0) is 16.1 Å². The molecule has 1 aliphatic heterocycles. The van der Waals surface area contributed by atoms with Crippen molar-refractivity contribution in [2.45, 2.75) is 90.4 Å². The Labute approximate surface area is 218 Å². The SMILES string of the molecule is CNC(C)C(=O)NC(C(=O)N1CCCC1Cn1c(C)c(C(C)=O)c2cc(Cl)ccc21)C1CCCCC1. The Bertz CT molecular complexity index is 1140. The minimum atomic E-state index is -0.497. The molecule has 8 heteroatoms. The summed E-state index contributed by atoms with van der Waals surface area (Å²) in [6.45, 7) is 6.67. The number of hydrogen-bond acceptors (Lipinski definition) is 4. The Balaban J connectivity index is 1.62. The van der Waals surface area contributed by atoms with Gasteiger partial charge in [-0.1, -0.05) is 30.9 Å². The lowest BCUT2D eigenvalue weighted by atomic mass is 9.83. The third-order valence-corrected chi connectivity index (χ3v) is 8.44. The van der Waals surface area contributed by atoms with E-state index in [9.17, 15) is 14.4 Å². The largest absolute Gasteiger partial charge is 0.343 e. The monoisotopic (exact) mass is 514 g/mol. The molecule has 2 N–H and O–H groups in total. The summed E-state index contributed by atoms with van der Waals surface area (Å²) >= 11 is 6.26. The molecule has 1 saturated heterocycles. The molecule has 4 rings (SSSR count). The highest BCUT2D eigenvalue weighted by Crippen LogP contribution is 2.33. The average Bonchev–Trinajstić information content (AvgIpc) is 3.44. The van der Waals surface area contributed by atoms with Gasteiger partial charge >= 0.3 is 0 Å². The van der Waals surface area contributed by atoms with Gasteiger partial charge in [-0.05, 0) is 77.6 Å². The molecule has 2 fully saturated rings. The molecule has 1 aliphatic carbocycles. The van der Waals surface area contributed by atoms with Crippen molar-refractivity contribution in [2.24, 2.45) is 5.92 Å². The van der Waals surface area contributed by atoms with Gasteiger partial charge in [-0.25, -0.2) is 0 Å². The van der Waals surface area contributed by atoms with Crippen molar-refractivity contribution >= 4 is 40.1 Å². The predicted octanol–water partition coefficient (Wildman–Crippen LogP) is 4.47. The maximum Gasteiger partial charge on any atom is 0.245 e. The molecular weight excluding hydrogens is 476 g/mol. The molecule has 2 heterocycles. The van der Waals surface area contributed by atoms with E-state index in [-0.39, 0.29) is 35.6 Å². The zero-order valence-corrected chi connectivity index (χ0v) is 22.7. The molecule has 196 valence electrons. The molecule has 7 nitrogen and oxygen atoms in total. The van der Waals surface area contributed by atoms with E-state index in [4.69, 9.17) is 11.6 Å². The summed E-state index contributed by atoms with van der Waals surface area (Å²) in [5.74, 6) is 0.0788. The minimum absolute atomic E-state index is 0.00648. The minimum Gasteiger partial charge on any atom is -0.343 e. The van der Waals surface area contributed by atoms with Gasteiger partial charge in [-0.2, -0.15) is 0 Å². The molecule has 1 aromatic carbocycles. The van der Waals surface area contributed by atoms with Gasteiger partial charge in [0.1, 0.15) is 6.04 Å². The summed E-state index contributed by atoms with van der Waals surface area (Å²) in [5, 5.41) is 7.55. The van der Waals surface area contributed by atoms with Crippen molar-refractivity contribution in [3.63, 3.8) is 0 Å². The number of nitrogens with zero attached hydrogens (tertiary/aromatic N) is 2. The van der Waals surface area contributed by atoms with Crippen LogP contribution >= 0.6 is 11.6 Å². The number of benzene rings is 1. The molecule has 0 spiro atoms. The number of likely N-dealkylation sites (tertiary alicyclic amines) is 1. The first-order valence-electron chi connectivity index (χ1n) is 13.3. The molecule has 3 atom stereocenters. The van der Waals surface area contributed by atoms with E-state index in [1.165, 1.54) is 6.42 Å². The number of hydrogen-bond donors (Lipinski definition) is 2. The first-order valence-corrected chi connectivity index (χ1v) is 13.7. The van der Waals surface area contributed by atoms with Crippen LogP contribution in [0.1, 0.15) is 74.8 Å². The molecule has 3 unspecified atom stereocenters. The summed E-state index contributed by atoms with van der Waals surface area (Å²) in [6.07, 6.45) is 7.14. The highest BCUT2D eigenvalue weighted by atomic mass is 35.5. The smallest absolute Gasteiger partial charge is 0.245 e. The van der Waals surface area contributed by atoms with Gasteiger partial charge in [0.15, 0.2) is 5.78 Å². The number of aromatic nitrogens is 1. The van der Waals surface area contributed by atoms with Crippen LogP contribution in [-0.4, -0.2) is 58.8 Å². The lowest BCUT2D eigenvalue weighted by molar-refractivity contribution is -0.139. The van der Waals surface area contributed by atoms with Crippen molar-refractivity contribution in [1.82, 2.24) is 20.1 Å². The Morgan fingerprint density at radius 2 is 1.83 bits per heavy atom. The third kappa shape index (κ3) is 5.32. The van der Waals surface area contributed by atoms with Crippen LogP contribution in [0.4, 0.5) is 0 Å². The van der Waals surface area contributed by atoms with Crippen molar-refractivity contribution in [3.05, 3.63) is 34.5 Å². The van der Waals surface area contributed by atoms with Crippen molar-refractivity contribution in [1.29, 1.82) is 0 Å². The van der Waals surface area contributed by atoms with Gasteiger partial charge in [-0.3, -0.25) is 14.4 Å². The fraction of sp³-hybridized carbons (Fsp3) is 0.607. The lowest BCUT2D eigenvalue weighted by Gasteiger charge is -2.35. The number of likely N-dealkylation sites (N-methyl/N-ethyl adjacent to an activating group) is 1.